The number of carbonyl (C=O) groups is 9. The van der Waals surface area contributed by atoms with Crippen LogP contribution in [-0.2, 0) is 33.6 Å². The highest BCUT2D eigenvalue weighted by Gasteiger charge is 2.37. The van der Waals surface area contributed by atoms with Crippen LogP contribution in [0.25, 0.3) is 10.8 Å². The molecule has 3 amide bonds. The van der Waals surface area contributed by atoms with E-state index in [4.69, 9.17) is 0 Å². The number of quaternary nitrogens is 1. The van der Waals surface area contributed by atoms with Gasteiger partial charge in [-0.25, -0.2) is 0 Å². The molecule has 1 aliphatic rings. The molecule has 0 aliphatic heterocycles. The Kier molecular flexibility index (Phi) is 26.3. The van der Waals surface area contributed by atoms with Gasteiger partial charge in [-0.1, -0.05) is 77.0 Å². The topological polar surface area (TPSA) is 267 Å². The first-order chi connectivity index (χ1) is 31.4. The van der Waals surface area contributed by atoms with Crippen molar-refractivity contribution in [3.63, 3.8) is 0 Å². The summed E-state index contributed by atoms with van der Waals surface area (Å²) in [6.45, 7) is 6.23. The number of rotatable bonds is 32. The number of unbranched alkanes of at least 4 members (excludes halogenated alkanes) is 8. The van der Waals surface area contributed by atoms with Crippen molar-refractivity contribution in [2.75, 3.05) is 32.1 Å². The number of nitrogens with zero attached hydrogens (tertiary/aromatic N) is 1. The van der Waals surface area contributed by atoms with Crippen LogP contribution in [-0.4, -0.2) is 92.1 Å². The van der Waals surface area contributed by atoms with E-state index in [1.807, 2.05) is 31.1 Å². The molecule has 0 spiro atoms. The Morgan fingerprint density at radius 1 is 0.712 bits per heavy atom. The molecule has 366 valence electrons. The van der Waals surface area contributed by atoms with E-state index < -0.39 is 47.7 Å². The van der Waals surface area contributed by atoms with E-state index in [9.17, 15) is 53.4 Å². The van der Waals surface area contributed by atoms with Gasteiger partial charge < -0.3 is 51.2 Å². The van der Waals surface area contributed by atoms with Gasteiger partial charge in [0.2, 0.25) is 17.7 Å². The molecule has 66 heavy (non-hydrogen) atoms. The van der Waals surface area contributed by atoms with E-state index in [-0.39, 0.29) is 74.7 Å². The van der Waals surface area contributed by atoms with Gasteiger partial charge in [-0.2, -0.15) is 0 Å². The lowest BCUT2D eigenvalue weighted by atomic mass is 9.76. The zero-order valence-electron chi connectivity index (χ0n) is 39.9. The summed E-state index contributed by atoms with van der Waals surface area (Å²) in [5, 5.41) is 31.3. The molecule has 0 radical (unpaired) electrons. The van der Waals surface area contributed by atoms with Gasteiger partial charge in [-0.05, 0) is 70.4 Å². The van der Waals surface area contributed by atoms with Crippen LogP contribution in [0.5, 0.6) is 0 Å². The van der Waals surface area contributed by atoms with Gasteiger partial charge in [0.1, 0.15) is 11.8 Å². The Labute approximate surface area is 390 Å². The third kappa shape index (κ3) is 19.9. The normalized spacial score (nSPS) is 14.3. The van der Waals surface area contributed by atoms with Crippen molar-refractivity contribution < 1.29 is 59.1 Å². The highest BCUT2D eigenvalue weighted by Crippen LogP contribution is 2.38. The molecule has 3 rings (SSSR count). The Balaban J connectivity index is 0.000000628. The largest absolute Gasteiger partial charge is 0.550 e. The smallest absolute Gasteiger partial charge is 0.223 e. The van der Waals surface area contributed by atoms with E-state index >= 15 is 0 Å². The summed E-state index contributed by atoms with van der Waals surface area (Å²) < 4.78 is 0. The van der Waals surface area contributed by atoms with Crippen LogP contribution in [0.2, 0.25) is 0 Å². The first kappa shape index (κ1) is 56.6. The molecule has 2 aromatic carbocycles. The zero-order valence-corrected chi connectivity index (χ0v) is 39.9. The third-order valence-electron chi connectivity index (χ3n) is 11.9. The molecule has 0 heterocycles. The van der Waals surface area contributed by atoms with Crippen molar-refractivity contribution in [2.24, 2.45) is 11.8 Å². The van der Waals surface area contributed by atoms with E-state index in [0.717, 1.165) is 56.1 Å². The number of nitrogens with one attached hydrogen (secondary N) is 3. The Hall–Kier alpha value is -5.51. The minimum atomic E-state index is -1.58. The fourth-order valence-corrected chi connectivity index (χ4v) is 7.89. The van der Waals surface area contributed by atoms with Crippen molar-refractivity contribution in [1.82, 2.24) is 16.0 Å². The fourth-order valence-electron chi connectivity index (χ4n) is 7.89. The summed E-state index contributed by atoms with van der Waals surface area (Å²) in [4.78, 5) is 112. The standard InChI is InChI=1S/C33H42N4O9.C17H33NO2/c1-4-23(34)26(38)17-18(32(44)35-16-15-24(33(45)46)36-27(39)9-6-10-28(40)41)11-12-22-30(42)20-8-5-7-19-25(37(2)3)14-13-21(29(19)20)31(22)43;1-3-4-15-18-17(20)14-12-10-8-6-5-7-9-11-13-16(2)19/h5,7-8,13-14,18,22-24H,4,6,9-12,15-17,34H2,1-3H3,(H,35,44)(H,36,39)(H,40,41)(H,45,46);3-15H2,1-2H3,(H,18,20)/p-1/t18-,22?,23-,24+;/m0./s1. The Morgan fingerprint density at radius 2 is 1.32 bits per heavy atom. The second-order valence-corrected chi connectivity index (χ2v) is 17.6. The van der Waals surface area contributed by atoms with Crippen molar-refractivity contribution >= 4 is 69.3 Å². The number of aliphatic carboxylic acids is 2. The van der Waals surface area contributed by atoms with Crippen LogP contribution in [0, 0.1) is 11.8 Å². The van der Waals surface area contributed by atoms with E-state index in [0.29, 0.717) is 35.1 Å². The molecule has 4 atom stereocenters. The van der Waals surface area contributed by atoms with Gasteiger partial charge >= 0.3 is 0 Å². The summed E-state index contributed by atoms with van der Waals surface area (Å²) in [6, 6.07) is 6.85. The molecule has 1 aliphatic carbocycles. The van der Waals surface area contributed by atoms with Gasteiger partial charge in [0.25, 0.3) is 0 Å². The lowest BCUT2D eigenvalue weighted by Crippen LogP contribution is -2.64. The van der Waals surface area contributed by atoms with Crippen LogP contribution in [0.3, 0.4) is 0 Å². The van der Waals surface area contributed by atoms with Gasteiger partial charge in [0.05, 0.1) is 17.9 Å². The monoisotopic (exact) mass is 921 g/mol. The number of ketones is 4. The summed E-state index contributed by atoms with van der Waals surface area (Å²) in [7, 11) is 3.75. The summed E-state index contributed by atoms with van der Waals surface area (Å²) in [5.41, 5.74) is 5.55. The molecule has 0 saturated heterocycles. The quantitative estimate of drug-likeness (QED) is 0.0608. The molecule has 0 aromatic heterocycles. The third-order valence-corrected chi connectivity index (χ3v) is 11.9. The van der Waals surface area contributed by atoms with Gasteiger partial charge in [-0.15, -0.1) is 0 Å². The molecular formula is C50H74N5O11-. The van der Waals surface area contributed by atoms with E-state index in [2.05, 4.69) is 28.6 Å². The number of benzene rings is 2. The SMILES string of the molecule is CCCCNC(=O)CCCCCCCCCCC(C)=O.CC[C@H]([NH3+])C(=O)C[C@H](CCC1C(=O)c2cccc3c(N(C)C)ccc(c23)C1=O)C(=O)NCC[C@@H](NC(=O)CCCC(=O)[O-])C(=O)[O-]. The molecule has 16 heteroatoms. The molecule has 1 unspecified atom stereocenters. The van der Waals surface area contributed by atoms with E-state index in [1.54, 1.807) is 32.0 Å². The van der Waals surface area contributed by atoms with Crippen LogP contribution in [0.4, 0.5) is 5.69 Å². The lowest BCUT2D eigenvalue weighted by molar-refractivity contribution is -0.403. The van der Waals surface area contributed by atoms with Gasteiger partial charge in [-0.3, -0.25) is 28.8 Å². The number of hydrogen-bond donors (Lipinski definition) is 4. The molecular weight excluding hydrogens is 847 g/mol. The molecule has 2 aromatic rings. The van der Waals surface area contributed by atoms with E-state index in [1.165, 1.54) is 32.1 Å². The van der Waals surface area contributed by atoms with Crippen LogP contribution in [0.15, 0.2) is 30.3 Å². The zero-order chi connectivity index (χ0) is 49.2. The summed E-state index contributed by atoms with van der Waals surface area (Å²) in [6.07, 6.45) is 12.5. The number of carboxylic acid groups (broad SMARTS) is 2. The van der Waals surface area contributed by atoms with Crippen molar-refractivity contribution in [3.8, 4) is 0 Å². The van der Waals surface area contributed by atoms with Crippen molar-refractivity contribution in [3.05, 3.63) is 41.5 Å². The molecule has 0 fully saturated rings. The number of carbonyl (C=O) groups excluding carboxylic acids is 9. The predicted molar refractivity (Wildman–Crippen MR) is 248 cm³/mol. The first-order valence-electron chi connectivity index (χ1n) is 23.8. The molecule has 16 nitrogen and oxygen atoms in total. The second-order valence-electron chi connectivity index (χ2n) is 17.6. The van der Waals surface area contributed by atoms with Crippen molar-refractivity contribution in [2.45, 2.75) is 161 Å². The minimum absolute atomic E-state index is 0.0197. The Morgan fingerprint density at radius 3 is 1.89 bits per heavy atom. The summed E-state index contributed by atoms with van der Waals surface area (Å²) >= 11 is 0. The predicted octanol–water partition coefficient (Wildman–Crippen LogP) is 3.33. The lowest BCUT2D eigenvalue weighted by Gasteiger charge is -2.26. The van der Waals surface area contributed by atoms with Crippen LogP contribution in [0.1, 0.15) is 170 Å². The minimum Gasteiger partial charge on any atom is -0.550 e. The Bertz CT molecular complexity index is 1940. The number of amides is 3. The maximum absolute atomic E-state index is 13.6. The van der Waals surface area contributed by atoms with Gasteiger partial charge in [0.15, 0.2) is 17.3 Å². The number of hydrogen-bond acceptors (Lipinski definition) is 12. The average molecular weight is 921 g/mol. The summed E-state index contributed by atoms with van der Waals surface area (Å²) in [5.74, 6) is -6.56. The molecule has 0 bridgehead atoms. The van der Waals surface area contributed by atoms with Gasteiger partial charge in [0, 0.05) is 98.8 Å². The first-order valence-corrected chi connectivity index (χ1v) is 23.8. The number of anilines is 1. The molecule has 0 saturated carbocycles. The number of carboxylic acids is 2. The van der Waals surface area contributed by atoms with Crippen molar-refractivity contribution in [1.29, 1.82) is 0 Å². The fraction of sp³-hybridized carbons (Fsp3) is 0.620. The highest BCUT2D eigenvalue weighted by atomic mass is 16.4. The molecule has 6 N–H and O–H groups in total. The average Bonchev–Trinajstić information content (AvgIpc) is 3.27. The highest BCUT2D eigenvalue weighted by molar-refractivity contribution is 6.30. The second kappa shape index (κ2) is 30.6. The number of Topliss-reactive ketones (excluding diaryl/α,β-unsaturated/α-hetero) is 4. The maximum Gasteiger partial charge on any atom is 0.223 e. The van der Waals surface area contributed by atoms with Crippen LogP contribution >= 0.6 is 0 Å². The maximum atomic E-state index is 13.6. The van der Waals surface area contributed by atoms with Crippen LogP contribution < -0.4 is 36.8 Å².